The molecule has 0 bridgehead atoms. The summed E-state index contributed by atoms with van der Waals surface area (Å²) in [5.41, 5.74) is 0.904. The average molecular weight is 299 g/mol. The molecule has 0 atom stereocenters. The minimum absolute atomic E-state index is 0.0693. The van der Waals surface area contributed by atoms with Gasteiger partial charge >= 0.3 is 0 Å². The third-order valence-corrected chi connectivity index (χ3v) is 4.46. The molecule has 2 aromatic carbocycles. The standard InChI is InChI=1S/C16H13NO3S/c17-11-15(10-14-8-4-5-9-16(14)18)21(19,20)12-13-6-2-1-3-7-13/h1-10,18H,12H2/b15-10+. The van der Waals surface area contributed by atoms with E-state index in [4.69, 9.17) is 5.26 Å². The van der Waals surface area contributed by atoms with E-state index in [1.807, 2.05) is 0 Å². The van der Waals surface area contributed by atoms with Crippen LogP contribution in [0.3, 0.4) is 0 Å². The number of allylic oxidation sites excluding steroid dienone is 1. The molecule has 0 aliphatic heterocycles. The lowest BCUT2D eigenvalue weighted by Crippen LogP contribution is -2.06. The first-order valence-electron chi connectivity index (χ1n) is 6.19. The molecule has 0 aromatic heterocycles. The van der Waals surface area contributed by atoms with Gasteiger partial charge in [0.25, 0.3) is 0 Å². The number of benzene rings is 2. The van der Waals surface area contributed by atoms with Crippen LogP contribution in [0.25, 0.3) is 6.08 Å². The van der Waals surface area contributed by atoms with E-state index in [9.17, 15) is 13.5 Å². The van der Waals surface area contributed by atoms with Crippen molar-refractivity contribution in [1.82, 2.24) is 0 Å². The third kappa shape index (κ3) is 3.71. The van der Waals surface area contributed by atoms with E-state index in [1.54, 1.807) is 54.6 Å². The number of sulfone groups is 1. The fourth-order valence-electron chi connectivity index (χ4n) is 1.81. The Morgan fingerprint density at radius 1 is 1.10 bits per heavy atom. The van der Waals surface area contributed by atoms with Crippen molar-refractivity contribution in [3.63, 3.8) is 0 Å². The largest absolute Gasteiger partial charge is 0.507 e. The molecule has 2 rings (SSSR count). The monoisotopic (exact) mass is 299 g/mol. The summed E-state index contributed by atoms with van der Waals surface area (Å²) in [6, 6.07) is 16.6. The van der Waals surface area contributed by atoms with Crippen LogP contribution < -0.4 is 0 Å². The molecule has 0 amide bonds. The zero-order valence-corrected chi connectivity index (χ0v) is 11.9. The number of phenols is 1. The Labute approximate surface area is 123 Å². The summed E-state index contributed by atoms with van der Waals surface area (Å²) < 4.78 is 24.5. The van der Waals surface area contributed by atoms with E-state index in [1.165, 1.54) is 12.1 Å². The predicted octanol–water partition coefficient (Wildman–Crippen LogP) is 2.87. The van der Waals surface area contributed by atoms with Gasteiger partial charge in [-0.25, -0.2) is 8.42 Å². The first-order valence-corrected chi connectivity index (χ1v) is 7.84. The number of nitriles is 1. The van der Waals surface area contributed by atoms with Gasteiger partial charge in [-0.2, -0.15) is 5.26 Å². The Hall–Kier alpha value is -2.58. The number of para-hydroxylation sites is 1. The molecule has 0 heterocycles. The zero-order chi connectivity index (χ0) is 15.3. The fraction of sp³-hybridized carbons (Fsp3) is 0.0625. The number of rotatable bonds is 4. The SMILES string of the molecule is N#C/C(=C\c1ccccc1O)S(=O)(=O)Cc1ccccc1. The average Bonchev–Trinajstić information content (AvgIpc) is 2.46. The van der Waals surface area contributed by atoms with Gasteiger partial charge in [0, 0.05) is 5.56 Å². The highest BCUT2D eigenvalue weighted by Crippen LogP contribution is 2.22. The minimum atomic E-state index is -3.75. The van der Waals surface area contributed by atoms with Crippen LogP contribution in [0, 0.1) is 11.3 Å². The van der Waals surface area contributed by atoms with Gasteiger partial charge in [0.05, 0.1) is 5.75 Å². The summed E-state index contributed by atoms with van der Waals surface area (Å²) in [6.45, 7) is 0. The van der Waals surface area contributed by atoms with Crippen LogP contribution in [0.2, 0.25) is 0 Å². The van der Waals surface area contributed by atoms with E-state index in [-0.39, 0.29) is 16.4 Å². The highest BCUT2D eigenvalue weighted by molar-refractivity contribution is 7.95. The van der Waals surface area contributed by atoms with E-state index in [0.29, 0.717) is 11.1 Å². The summed E-state index contributed by atoms with van der Waals surface area (Å²) in [6.07, 6.45) is 1.19. The lowest BCUT2D eigenvalue weighted by Gasteiger charge is -2.04. The van der Waals surface area contributed by atoms with Crippen LogP contribution in [0.15, 0.2) is 59.5 Å². The van der Waals surface area contributed by atoms with Crippen LogP contribution in [0.4, 0.5) is 0 Å². The topological polar surface area (TPSA) is 78.2 Å². The van der Waals surface area contributed by atoms with Crippen molar-refractivity contribution in [2.45, 2.75) is 5.75 Å². The van der Waals surface area contributed by atoms with Crippen molar-refractivity contribution >= 4 is 15.9 Å². The Kier molecular flexibility index (Phi) is 4.41. The normalized spacial score (nSPS) is 11.9. The van der Waals surface area contributed by atoms with Gasteiger partial charge in [-0.05, 0) is 17.7 Å². The van der Waals surface area contributed by atoms with E-state index in [2.05, 4.69) is 0 Å². The predicted molar refractivity (Wildman–Crippen MR) is 80.8 cm³/mol. The summed E-state index contributed by atoms with van der Waals surface area (Å²) in [5.74, 6) is -0.318. The molecule has 0 saturated carbocycles. The van der Waals surface area contributed by atoms with Gasteiger partial charge in [-0.3, -0.25) is 0 Å². The Morgan fingerprint density at radius 2 is 1.71 bits per heavy atom. The third-order valence-electron chi connectivity index (χ3n) is 2.87. The number of hydrogen-bond acceptors (Lipinski definition) is 4. The second kappa shape index (κ2) is 6.25. The van der Waals surface area contributed by atoms with Crippen molar-refractivity contribution in [3.8, 4) is 11.8 Å². The fourth-order valence-corrected chi connectivity index (χ4v) is 3.05. The summed E-state index contributed by atoms with van der Waals surface area (Å²) in [4.78, 5) is -0.368. The summed E-state index contributed by atoms with van der Waals surface area (Å²) in [7, 11) is -3.75. The van der Waals surface area contributed by atoms with E-state index < -0.39 is 9.84 Å². The van der Waals surface area contributed by atoms with Crippen LogP contribution >= 0.6 is 0 Å². The van der Waals surface area contributed by atoms with Crippen molar-refractivity contribution in [2.24, 2.45) is 0 Å². The number of hydrogen-bond donors (Lipinski definition) is 1. The smallest absolute Gasteiger partial charge is 0.192 e. The molecular weight excluding hydrogens is 286 g/mol. The maximum Gasteiger partial charge on any atom is 0.192 e. The molecule has 1 N–H and O–H groups in total. The van der Waals surface area contributed by atoms with Gasteiger partial charge in [0.15, 0.2) is 9.84 Å². The molecule has 5 heteroatoms. The highest BCUT2D eigenvalue weighted by Gasteiger charge is 2.19. The molecule has 0 aliphatic rings. The minimum Gasteiger partial charge on any atom is -0.507 e. The van der Waals surface area contributed by atoms with Crippen LogP contribution in [0.5, 0.6) is 5.75 Å². The quantitative estimate of drug-likeness (QED) is 0.880. The van der Waals surface area contributed by atoms with Gasteiger partial charge < -0.3 is 5.11 Å². The van der Waals surface area contributed by atoms with Gasteiger partial charge in [0.2, 0.25) is 0 Å². The number of aromatic hydroxyl groups is 1. The Balaban J connectivity index is 2.37. The van der Waals surface area contributed by atoms with E-state index in [0.717, 1.165) is 0 Å². The molecule has 0 spiro atoms. The summed E-state index contributed by atoms with van der Waals surface area (Å²) in [5, 5.41) is 18.8. The molecule has 0 saturated heterocycles. The Bertz CT molecular complexity index is 803. The second-order valence-corrected chi connectivity index (χ2v) is 6.38. The zero-order valence-electron chi connectivity index (χ0n) is 11.1. The lowest BCUT2D eigenvalue weighted by molar-refractivity contribution is 0.474. The molecule has 0 aliphatic carbocycles. The molecule has 0 unspecified atom stereocenters. The molecule has 2 aromatic rings. The Morgan fingerprint density at radius 3 is 2.33 bits per heavy atom. The van der Waals surface area contributed by atoms with Crippen molar-refractivity contribution in [1.29, 1.82) is 5.26 Å². The molecule has 0 radical (unpaired) electrons. The first kappa shape index (κ1) is 14.8. The molecular formula is C16H13NO3S. The van der Waals surface area contributed by atoms with Gasteiger partial charge in [0.1, 0.15) is 16.7 Å². The molecule has 21 heavy (non-hydrogen) atoms. The van der Waals surface area contributed by atoms with Crippen LogP contribution in [0.1, 0.15) is 11.1 Å². The van der Waals surface area contributed by atoms with Crippen LogP contribution in [-0.2, 0) is 15.6 Å². The van der Waals surface area contributed by atoms with E-state index >= 15 is 0 Å². The van der Waals surface area contributed by atoms with Crippen molar-refractivity contribution in [3.05, 3.63) is 70.6 Å². The number of nitrogens with zero attached hydrogens (tertiary/aromatic N) is 1. The second-order valence-electron chi connectivity index (χ2n) is 4.42. The molecule has 4 nitrogen and oxygen atoms in total. The lowest BCUT2D eigenvalue weighted by atomic mass is 10.2. The first-order chi connectivity index (χ1) is 10.0. The maximum absolute atomic E-state index is 12.3. The number of phenolic OH excluding ortho intramolecular Hbond substituents is 1. The molecule has 106 valence electrons. The molecule has 0 fully saturated rings. The maximum atomic E-state index is 12.3. The van der Waals surface area contributed by atoms with Crippen molar-refractivity contribution < 1.29 is 13.5 Å². The van der Waals surface area contributed by atoms with Crippen LogP contribution in [-0.4, -0.2) is 13.5 Å². The van der Waals surface area contributed by atoms with Gasteiger partial charge in [-0.15, -0.1) is 0 Å². The van der Waals surface area contributed by atoms with Crippen molar-refractivity contribution in [2.75, 3.05) is 0 Å². The summed E-state index contributed by atoms with van der Waals surface area (Å²) >= 11 is 0. The highest BCUT2D eigenvalue weighted by atomic mass is 32.2. The van der Waals surface area contributed by atoms with Gasteiger partial charge in [-0.1, -0.05) is 48.5 Å².